The van der Waals surface area contributed by atoms with Gasteiger partial charge in [-0.05, 0) is 43.9 Å². The smallest absolute Gasteiger partial charge is 0.417 e. The first-order chi connectivity index (χ1) is 14.4. The predicted octanol–water partition coefficient (Wildman–Crippen LogP) is 3.99. The molecule has 1 fully saturated rings. The zero-order valence-corrected chi connectivity index (χ0v) is 16.1. The fourth-order valence-electron chi connectivity index (χ4n) is 3.63. The normalized spacial score (nSPS) is 21.0. The Kier molecular flexibility index (Phi) is 5.69. The Morgan fingerprint density at radius 2 is 1.83 bits per heavy atom. The van der Waals surface area contributed by atoms with Crippen LogP contribution in [-0.4, -0.2) is 36.3 Å². The fraction of sp³-hybridized carbons (Fsp3) is 0.429. The van der Waals surface area contributed by atoms with Crippen molar-refractivity contribution < 1.29 is 32.2 Å². The van der Waals surface area contributed by atoms with Crippen molar-refractivity contribution in [1.29, 1.82) is 0 Å². The number of fused-ring (bicyclic) bond motifs is 1. The molecule has 0 bridgehead atoms. The van der Waals surface area contributed by atoms with Crippen molar-refractivity contribution in [2.75, 3.05) is 13.2 Å². The van der Waals surface area contributed by atoms with E-state index in [0.717, 1.165) is 12.3 Å². The number of para-hydroxylation sites is 1. The van der Waals surface area contributed by atoms with E-state index in [9.17, 15) is 18.0 Å². The number of nitrogens with one attached hydrogen (secondary N) is 1. The summed E-state index contributed by atoms with van der Waals surface area (Å²) >= 11 is 0. The average molecular weight is 422 g/mol. The molecule has 0 radical (unpaired) electrons. The van der Waals surface area contributed by atoms with E-state index in [0.29, 0.717) is 56.0 Å². The van der Waals surface area contributed by atoms with E-state index in [-0.39, 0.29) is 23.9 Å². The first-order valence-corrected chi connectivity index (χ1v) is 9.79. The van der Waals surface area contributed by atoms with Crippen LogP contribution in [-0.2, 0) is 6.18 Å². The standard InChI is InChI=1S/C21H21F3N2O4/c22-21(23,24)13-4-9-18(25-12-13)30-15-7-5-14(6-8-15)26-20(27)16-2-1-3-17-19(16)29-11-10-28-17/h1-4,9,12,14-15H,5-8,10-11H2,(H,26,27). The minimum Gasteiger partial charge on any atom is -0.486 e. The van der Waals surface area contributed by atoms with Gasteiger partial charge in [-0.15, -0.1) is 0 Å². The number of hydrogen-bond acceptors (Lipinski definition) is 5. The summed E-state index contributed by atoms with van der Waals surface area (Å²) in [5.41, 5.74) is -0.363. The minimum absolute atomic E-state index is 0.0155. The number of carbonyl (C=O) groups is 1. The van der Waals surface area contributed by atoms with Gasteiger partial charge in [0.1, 0.15) is 19.3 Å². The Bertz CT molecular complexity index is 894. The molecule has 0 spiro atoms. The number of rotatable bonds is 4. The second-order valence-electron chi connectivity index (χ2n) is 7.28. The van der Waals surface area contributed by atoms with E-state index in [1.807, 2.05) is 0 Å². The Balaban J connectivity index is 1.29. The number of alkyl halides is 3. The lowest BCUT2D eigenvalue weighted by atomic mass is 9.92. The number of ether oxygens (including phenoxy) is 3. The van der Waals surface area contributed by atoms with Crippen LogP contribution in [0.2, 0.25) is 0 Å². The highest BCUT2D eigenvalue weighted by molar-refractivity contribution is 5.98. The van der Waals surface area contributed by atoms with Gasteiger partial charge < -0.3 is 19.5 Å². The van der Waals surface area contributed by atoms with Gasteiger partial charge in [-0.25, -0.2) is 4.98 Å². The second kappa shape index (κ2) is 8.41. The number of aromatic nitrogens is 1. The highest BCUT2D eigenvalue weighted by Crippen LogP contribution is 2.34. The zero-order valence-electron chi connectivity index (χ0n) is 16.1. The van der Waals surface area contributed by atoms with Crippen molar-refractivity contribution in [3.8, 4) is 17.4 Å². The largest absolute Gasteiger partial charge is 0.486 e. The molecule has 160 valence electrons. The molecule has 4 rings (SSSR count). The summed E-state index contributed by atoms with van der Waals surface area (Å²) in [7, 11) is 0. The van der Waals surface area contributed by atoms with Crippen LogP contribution in [0.5, 0.6) is 17.4 Å². The van der Waals surface area contributed by atoms with Crippen LogP contribution in [0.3, 0.4) is 0 Å². The lowest BCUT2D eigenvalue weighted by Gasteiger charge is -2.29. The fourth-order valence-corrected chi connectivity index (χ4v) is 3.63. The molecular formula is C21H21F3N2O4. The molecule has 1 aromatic heterocycles. The highest BCUT2D eigenvalue weighted by atomic mass is 19.4. The first kappa shape index (κ1) is 20.3. The van der Waals surface area contributed by atoms with Gasteiger partial charge in [-0.1, -0.05) is 6.07 Å². The zero-order chi connectivity index (χ0) is 21.1. The van der Waals surface area contributed by atoms with Gasteiger partial charge in [0.05, 0.1) is 11.1 Å². The number of nitrogens with zero attached hydrogens (tertiary/aromatic N) is 1. The molecule has 0 saturated heterocycles. The van der Waals surface area contributed by atoms with Gasteiger partial charge in [-0.2, -0.15) is 13.2 Å². The topological polar surface area (TPSA) is 69.7 Å². The quantitative estimate of drug-likeness (QED) is 0.807. The monoisotopic (exact) mass is 422 g/mol. The third-order valence-electron chi connectivity index (χ3n) is 5.17. The molecule has 2 aromatic rings. The molecule has 9 heteroatoms. The van der Waals surface area contributed by atoms with Crippen molar-refractivity contribution in [3.63, 3.8) is 0 Å². The molecule has 6 nitrogen and oxygen atoms in total. The predicted molar refractivity (Wildman–Crippen MR) is 101 cm³/mol. The van der Waals surface area contributed by atoms with Crippen LogP contribution < -0.4 is 19.5 Å². The molecule has 1 saturated carbocycles. The van der Waals surface area contributed by atoms with Gasteiger partial charge in [0, 0.05) is 18.3 Å². The van der Waals surface area contributed by atoms with Gasteiger partial charge >= 0.3 is 6.18 Å². The van der Waals surface area contributed by atoms with E-state index >= 15 is 0 Å². The van der Waals surface area contributed by atoms with E-state index in [4.69, 9.17) is 14.2 Å². The Morgan fingerprint density at radius 3 is 2.53 bits per heavy atom. The molecule has 1 aliphatic carbocycles. The van der Waals surface area contributed by atoms with Gasteiger partial charge in [0.2, 0.25) is 5.88 Å². The highest BCUT2D eigenvalue weighted by Gasteiger charge is 2.31. The molecule has 1 amide bonds. The van der Waals surface area contributed by atoms with E-state index < -0.39 is 11.7 Å². The van der Waals surface area contributed by atoms with Crippen LogP contribution in [0.4, 0.5) is 13.2 Å². The van der Waals surface area contributed by atoms with Crippen molar-refractivity contribution in [2.45, 2.75) is 44.0 Å². The summed E-state index contributed by atoms with van der Waals surface area (Å²) in [6.45, 7) is 0.855. The number of amides is 1. The van der Waals surface area contributed by atoms with Crippen LogP contribution >= 0.6 is 0 Å². The third kappa shape index (κ3) is 4.60. The van der Waals surface area contributed by atoms with Crippen molar-refractivity contribution in [1.82, 2.24) is 10.3 Å². The van der Waals surface area contributed by atoms with Crippen LogP contribution in [0, 0.1) is 0 Å². The summed E-state index contributed by atoms with van der Waals surface area (Å²) in [4.78, 5) is 16.4. The SMILES string of the molecule is O=C(NC1CCC(Oc2ccc(C(F)(F)F)cn2)CC1)c1cccc2c1OCCO2. The van der Waals surface area contributed by atoms with Gasteiger partial charge in [0.15, 0.2) is 11.5 Å². The van der Waals surface area contributed by atoms with E-state index in [1.165, 1.54) is 6.07 Å². The maximum Gasteiger partial charge on any atom is 0.417 e. The Morgan fingerprint density at radius 1 is 1.07 bits per heavy atom. The van der Waals surface area contributed by atoms with Crippen molar-refractivity contribution >= 4 is 5.91 Å². The lowest BCUT2D eigenvalue weighted by Crippen LogP contribution is -2.40. The maximum absolute atomic E-state index is 12.7. The Hall–Kier alpha value is -2.97. The minimum atomic E-state index is -4.42. The summed E-state index contributed by atoms with van der Waals surface area (Å²) in [6, 6.07) is 7.40. The summed E-state index contributed by atoms with van der Waals surface area (Å²) in [5, 5.41) is 3.02. The molecule has 0 atom stereocenters. The lowest BCUT2D eigenvalue weighted by molar-refractivity contribution is -0.137. The van der Waals surface area contributed by atoms with E-state index in [2.05, 4.69) is 10.3 Å². The molecule has 30 heavy (non-hydrogen) atoms. The van der Waals surface area contributed by atoms with Crippen LogP contribution in [0.15, 0.2) is 36.5 Å². The number of pyridine rings is 1. The number of carbonyl (C=O) groups excluding carboxylic acids is 1. The molecule has 2 heterocycles. The molecule has 0 unspecified atom stereocenters. The first-order valence-electron chi connectivity index (χ1n) is 9.79. The Labute approximate surface area is 171 Å². The van der Waals surface area contributed by atoms with Gasteiger partial charge in [-0.3, -0.25) is 4.79 Å². The summed E-state index contributed by atoms with van der Waals surface area (Å²) in [5.74, 6) is 0.983. The third-order valence-corrected chi connectivity index (χ3v) is 5.17. The van der Waals surface area contributed by atoms with Crippen molar-refractivity contribution in [3.05, 3.63) is 47.7 Å². The van der Waals surface area contributed by atoms with Crippen molar-refractivity contribution in [2.24, 2.45) is 0 Å². The summed E-state index contributed by atoms with van der Waals surface area (Å²) < 4.78 is 54.6. The second-order valence-corrected chi connectivity index (χ2v) is 7.28. The van der Waals surface area contributed by atoms with Crippen LogP contribution in [0.1, 0.15) is 41.6 Å². The van der Waals surface area contributed by atoms with Gasteiger partial charge in [0.25, 0.3) is 5.91 Å². The average Bonchev–Trinajstić information content (AvgIpc) is 2.74. The number of hydrogen-bond donors (Lipinski definition) is 1. The summed E-state index contributed by atoms with van der Waals surface area (Å²) in [6.07, 6.45) is -1.07. The maximum atomic E-state index is 12.7. The number of halogens is 3. The number of benzene rings is 1. The molecule has 1 aliphatic heterocycles. The molecular weight excluding hydrogens is 401 g/mol. The molecule has 1 aromatic carbocycles. The molecule has 1 N–H and O–H groups in total. The molecule has 2 aliphatic rings. The van der Waals surface area contributed by atoms with E-state index in [1.54, 1.807) is 18.2 Å². The van der Waals surface area contributed by atoms with Crippen LogP contribution in [0.25, 0.3) is 0 Å².